The van der Waals surface area contributed by atoms with Crippen molar-refractivity contribution in [1.29, 1.82) is 0 Å². The Morgan fingerprint density at radius 1 is 1.50 bits per heavy atom. The molecule has 1 aromatic carbocycles. The van der Waals surface area contributed by atoms with Gasteiger partial charge in [-0.1, -0.05) is 11.6 Å². The first-order chi connectivity index (χ1) is 9.42. The van der Waals surface area contributed by atoms with Crippen LogP contribution in [0.2, 0.25) is 5.02 Å². The number of nitrogens with zero attached hydrogens (tertiary/aromatic N) is 1. The monoisotopic (exact) mass is 430 g/mol. The molecule has 20 heavy (non-hydrogen) atoms. The molecule has 1 saturated heterocycles. The Bertz CT molecular complexity index is 582. The van der Waals surface area contributed by atoms with Gasteiger partial charge in [-0.25, -0.2) is 0 Å². The SMILES string of the molecule is O=S(=O)(Nc1ccc(I)cc1Cl)N1CCCC(CO)C1. The number of nitrogens with one attached hydrogen (secondary N) is 1. The van der Waals surface area contributed by atoms with Crippen LogP contribution in [0.5, 0.6) is 0 Å². The summed E-state index contributed by atoms with van der Waals surface area (Å²) >= 11 is 8.15. The average molecular weight is 431 g/mol. The number of piperidine rings is 1. The van der Waals surface area contributed by atoms with E-state index in [-0.39, 0.29) is 12.5 Å². The van der Waals surface area contributed by atoms with Crippen molar-refractivity contribution in [2.24, 2.45) is 5.92 Å². The smallest absolute Gasteiger partial charge is 0.301 e. The van der Waals surface area contributed by atoms with Crippen molar-refractivity contribution in [2.45, 2.75) is 12.8 Å². The molecule has 1 aliphatic rings. The quantitative estimate of drug-likeness (QED) is 0.720. The molecule has 1 atom stereocenters. The molecule has 0 saturated carbocycles. The van der Waals surface area contributed by atoms with Crippen molar-refractivity contribution in [2.75, 3.05) is 24.4 Å². The van der Waals surface area contributed by atoms with Crippen LogP contribution in [0.25, 0.3) is 0 Å². The Balaban J connectivity index is 2.14. The van der Waals surface area contributed by atoms with Gasteiger partial charge in [0.1, 0.15) is 0 Å². The van der Waals surface area contributed by atoms with Crippen molar-refractivity contribution in [3.8, 4) is 0 Å². The van der Waals surface area contributed by atoms with Crippen LogP contribution in [0.15, 0.2) is 18.2 Å². The topological polar surface area (TPSA) is 69.6 Å². The number of rotatable bonds is 4. The highest BCUT2D eigenvalue weighted by Crippen LogP contribution is 2.26. The molecular weight excluding hydrogens is 415 g/mol. The predicted molar refractivity (Wildman–Crippen MR) is 88.1 cm³/mol. The molecule has 0 aromatic heterocycles. The summed E-state index contributed by atoms with van der Waals surface area (Å²) in [5.41, 5.74) is 0.373. The fourth-order valence-corrected chi connectivity index (χ4v) is 4.49. The number of hydrogen-bond donors (Lipinski definition) is 2. The summed E-state index contributed by atoms with van der Waals surface area (Å²) in [6.45, 7) is 0.817. The molecule has 1 heterocycles. The fraction of sp³-hybridized carbons (Fsp3) is 0.500. The number of aliphatic hydroxyl groups is 1. The number of benzene rings is 1. The molecule has 1 aliphatic heterocycles. The van der Waals surface area contributed by atoms with Gasteiger partial charge in [-0.3, -0.25) is 4.72 Å². The molecule has 0 aliphatic carbocycles. The van der Waals surface area contributed by atoms with E-state index in [1.165, 1.54) is 4.31 Å². The molecule has 0 bridgehead atoms. The van der Waals surface area contributed by atoms with Gasteiger partial charge in [0, 0.05) is 23.3 Å². The van der Waals surface area contributed by atoms with E-state index < -0.39 is 10.2 Å². The maximum absolute atomic E-state index is 12.3. The number of aliphatic hydroxyl groups excluding tert-OH is 1. The summed E-state index contributed by atoms with van der Waals surface area (Å²) < 4.78 is 29.5. The van der Waals surface area contributed by atoms with Gasteiger partial charge in [0.2, 0.25) is 0 Å². The maximum Gasteiger partial charge on any atom is 0.301 e. The maximum atomic E-state index is 12.3. The summed E-state index contributed by atoms with van der Waals surface area (Å²) in [6, 6.07) is 5.14. The van der Waals surface area contributed by atoms with Crippen LogP contribution < -0.4 is 4.72 Å². The second-order valence-corrected chi connectivity index (χ2v) is 8.10. The third-order valence-corrected chi connectivity index (χ3v) is 5.72. The van der Waals surface area contributed by atoms with Gasteiger partial charge >= 0.3 is 10.2 Å². The largest absolute Gasteiger partial charge is 0.396 e. The van der Waals surface area contributed by atoms with E-state index in [1.807, 2.05) is 0 Å². The van der Waals surface area contributed by atoms with Gasteiger partial charge in [0.05, 0.1) is 10.7 Å². The van der Waals surface area contributed by atoms with E-state index in [0.717, 1.165) is 16.4 Å². The minimum Gasteiger partial charge on any atom is -0.396 e. The number of hydrogen-bond acceptors (Lipinski definition) is 3. The van der Waals surface area contributed by atoms with E-state index in [0.29, 0.717) is 23.8 Å². The van der Waals surface area contributed by atoms with Crippen molar-refractivity contribution >= 4 is 50.1 Å². The summed E-state index contributed by atoms with van der Waals surface area (Å²) in [5.74, 6) is 0.00696. The molecule has 2 N–H and O–H groups in total. The predicted octanol–water partition coefficient (Wildman–Crippen LogP) is 2.31. The van der Waals surface area contributed by atoms with Crippen LogP contribution in [0, 0.1) is 9.49 Å². The Labute approximate surface area is 137 Å². The third kappa shape index (κ3) is 3.97. The van der Waals surface area contributed by atoms with Crippen LogP contribution in [0.1, 0.15) is 12.8 Å². The van der Waals surface area contributed by atoms with Gasteiger partial charge in [-0.2, -0.15) is 12.7 Å². The van der Waals surface area contributed by atoms with E-state index >= 15 is 0 Å². The first kappa shape index (κ1) is 16.3. The highest BCUT2D eigenvalue weighted by molar-refractivity contribution is 14.1. The lowest BCUT2D eigenvalue weighted by Gasteiger charge is -2.31. The lowest BCUT2D eigenvalue weighted by atomic mass is 10.0. The van der Waals surface area contributed by atoms with Crippen LogP contribution in [0.4, 0.5) is 5.69 Å². The zero-order valence-electron chi connectivity index (χ0n) is 10.7. The van der Waals surface area contributed by atoms with E-state index in [2.05, 4.69) is 27.3 Å². The van der Waals surface area contributed by atoms with Crippen LogP contribution in [-0.2, 0) is 10.2 Å². The van der Waals surface area contributed by atoms with Gasteiger partial charge in [0.15, 0.2) is 0 Å². The van der Waals surface area contributed by atoms with Gasteiger partial charge in [0.25, 0.3) is 0 Å². The number of anilines is 1. The summed E-state index contributed by atoms with van der Waals surface area (Å²) in [6.07, 6.45) is 1.61. The average Bonchev–Trinajstić information content (AvgIpc) is 2.42. The fourth-order valence-electron chi connectivity index (χ4n) is 2.17. The van der Waals surface area contributed by atoms with Gasteiger partial charge in [-0.15, -0.1) is 0 Å². The first-order valence-corrected chi connectivity index (χ1v) is 9.16. The highest BCUT2D eigenvalue weighted by Gasteiger charge is 2.28. The Hall–Kier alpha value is -0.0900. The molecule has 1 fully saturated rings. The normalized spacial score (nSPS) is 20.9. The molecule has 1 unspecified atom stereocenters. The second-order valence-electron chi connectivity index (χ2n) is 4.78. The van der Waals surface area contributed by atoms with Crippen molar-refractivity contribution in [3.63, 3.8) is 0 Å². The molecule has 0 amide bonds. The van der Waals surface area contributed by atoms with Crippen molar-refractivity contribution in [3.05, 3.63) is 26.8 Å². The Morgan fingerprint density at radius 2 is 2.25 bits per heavy atom. The summed E-state index contributed by atoms with van der Waals surface area (Å²) in [7, 11) is -3.63. The summed E-state index contributed by atoms with van der Waals surface area (Å²) in [4.78, 5) is 0. The van der Waals surface area contributed by atoms with Gasteiger partial charge in [-0.05, 0) is 59.5 Å². The molecule has 0 radical (unpaired) electrons. The number of halogens is 2. The minimum absolute atomic E-state index is 0.00696. The lowest BCUT2D eigenvalue weighted by Crippen LogP contribution is -2.43. The van der Waals surface area contributed by atoms with E-state index in [4.69, 9.17) is 11.6 Å². The van der Waals surface area contributed by atoms with Crippen molar-refractivity contribution in [1.82, 2.24) is 4.31 Å². The zero-order chi connectivity index (χ0) is 14.8. The lowest BCUT2D eigenvalue weighted by molar-refractivity contribution is 0.166. The van der Waals surface area contributed by atoms with Crippen LogP contribution in [0.3, 0.4) is 0 Å². The summed E-state index contributed by atoms with van der Waals surface area (Å²) in [5, 5.41) is 9.55. The minimum atomic E-state index is -3.63. The van der Waals surface area contributed by atoms with Crippen LogP contribution in [-0.4, -0.2) is 37.5 Å². The highest BCUT2D eigenvalue weighted by atomic mass is 127. The molecular formula is C12H16ClIN2O3S. The zero-order valence-corrected chi connectivity index (χ0v) is 14.4. The van der Waals surface area contributed by atoms with Gasteiger partial charge < -0.3 is 5.11 Å². The Kier molecular flexibility index (Phi) is 5.52. The third-order valence-electron chi connectivity index (χ3n) is 3.25. The van der Waals surface area contributed by atoms with E-state index in [1.54, 1.807) is 18.2 Å². The standard InChI is InChI=1S/C12H16ClIN2O3S/c13-11-6-10(14)3-4-12(11)15-20(18,19)16-5-1-2-9(7-16)8-17/h3-4,6,9,15,17H,1-2,5,7-8H2. The molecule has 5 nitrogen and oxygen atoms in total. The van der Waals surface area contributed by atoms with E-state index in [9.17, 15) is 13.5 Å². The molecule has 112 valence electrons. The molecule has 2 rings (SSSR count). The molecule has 0 spiro atoms. The molecule has 1 aromatic rings. The second kappa shape index (κ2) is 6.78. The van der Waals surface area contributed by atoms with Crippen LogP contribution >= 0.6 is 34.2 Å². The Morgan fingerprint density at radius 3 is 2.90 bits per heavy atom. The first-order valence-electron chi connectivity index (χ1n) is 6.26. The van der Waals surface area contributed by atoms with Crippen molar-refractivity contribution < 1.29 is 13.5 Å². The molecule has 8 heteroatoms.